The molecule has 0 aliphatic carbocycles. The Labute approximate surface area is 116 Å². The van der Waals surface area contributed by atoms with Gasteiger partial charge in [-0.25, -0.2) is 4.98 Å². The number of aromatic nitrogens is 1. The number of pyridine rings is 1. The number of benzene rings is 1. The molecule has 1 heterocycles. The van der Waals surface area contributed by atoms with Gasteiger partial charge < -0.3 is 10.5 Å². The number of nitrogens with zero attached hydrogens (tertiary/aromatic N) is 1. The molecule has 0 fully saturated rings. The Balaban J connectivity index is 2.18. The molecule has 1 aromatic heterocycles. The summed E-state index contributed by atoms with van der Waals surface area (Å²) in [6, 6.07) is 11.3. The maximum absolute atomic E-state index is 7.47. The molecule has 1 aromatic carbocycles. The molecule has 2 rings (SSSR count). The van der Waals surface area contributed by atoms with Crippen LogP contribution in [0.2, 0.25) is 0 Å². The molecule has 98 valence electrons. The van der Waals surface area contributed by atoms with Crippen LogP contribution in [-0.4, -0.2) is 17.9 Å². The second-order valence-electron chi connectivity index (χ2n) is 3.90. The Kier molecular flexibility index (Phi) is 4.41. The van der Waals surface area contributed by atoms with Crippen LogP contribution in [0.4, 0.5) is 0 Å². The fourth-order valence-electron chi connectivity index (χ4n) is 1.64. The second-order valence-corrected chi connectivity index (χ2v) is 4.89. The lowest BCUT2D eigenvalue weighted by Gasteiger charge is -2.10. The molecule has 0 unspecified atom stereocenters. The van der Waals surface area contributed by atoms with Gasteiger partial charge in [0.15, 0.2) is 0 Å². The largest absolute Gasteiger partial charge is 0.496 e. The van der Waals surface area contributed by atoms with Crippen LogP contribution in [0, 0.1) is 5.41 Å². The minimum atomic E-state index is 0.0618. The van der Waals surface area contributed by atoms with Crippen molar-refractivity contribution in [3.63, 3.8) is 0 Å². The Morgan fingerprint density at radius 3 is 2.84 bits per heavy atom. The predicted octanol–water partition coefficient (Wildman–Crippen LogP) is 2.67. The van der Waals surface area contributed by atoms with E-state index in [0.717, 1.165) is 22.1 Å². The molecule has 0 bridgehead atoms. The molecule has 0 saturated heterocycles. The number of thioether (sulfide) groups is 1. The molecule has 0 saturated carbocycles. The van der Waals surface area contributed by atoms with E-state index in [1.165, 1.54) is 0 Å². The van der Waals surface area contributed by atoms with E-state index in [9.17, 15) is 0 Å². The van der Waals surface area contributed by atoms with Gasteiger partial charge in [-0.1, -0.05) is 6.07 Å². The zero-order valence-corrected chi connectivity index (χ0v) is 11.4. The van der Waals surface area contributed by atoms with Gasteiger partial charge >= 0.3 is 0 Å². The summed E-state index contributed by atoms with van der Waals surface area (Å²) in [5.41, 5.74) is 7.22. The number of methoxy groups -OCH3 is 1. The molecule has 3 N–H and O–H groups in total. The van der Waals surface area contributed by atoms with E-state index >= 15 is 0 Å². The number of nitrogens with one attached hydrogen (secondary N) is 1. The first-order chi connectivity index (χ1) is 9.20. The zero-order valence-electron chi connectivity index (χ0n) is 10.6. The number of nitrogen functional groups attached to an aromatic ring is 1. The van der Waals surface area contributed by atoms with Crippen molar-refractivity contribution in [3.05, 3.63) is 53.7 Å². The van der Waals surface area contributed by atoms with Gasteiger partial charge in [0.2, 0.25) is 0 Å². The van der Waals surface area contributed by atoms with Gasteiger partial charge in [-0.2, -0.15) is 0 Å². The lowest BCUT2D eigenvalue weighted by molar-refractivity contribution is 0.411. The molecule has 4 nitrogen and oxygen atoms in total. The van der Waals surface area contributed by atoms with E-state index in [2.05, 4.69) is 4.98 Å². The molecule has 0 amide bonds. The van der Waals surface area contributed by atoms with E-state index in [1.54, 1.807) is 31.1 Å². The molecule has 0 aliphatic rings. The van der Waals surface area contributed by atoms with Crippen LogP contribution >= 0.6 is 11.8 Å². The number of amidine groups is 1. The zero-order chi connectivity index (χ0) is 13.7. The van der Waals surface area contributed by atoms with Crippen LogP contribution in [0.3, 0.4) is 0 Å². The van der Waals surface area contributed by atoms with Gasteiger partial charge in [0, 0.05) is 23.1 Å². The van der Waals surface area contributed by atoms with E-state index in [-0.39, 0.29) is 5.84 Å². The summed E-state index contributed by atoms with van der Waals surface area (Å²) in [6.07, 6.45) is 1.77. The van der Waals surface area contributed by atoms with Crippen molar-refractivity contribution < 1.29 is 4.74 Å². The smallest absolute Gasteiger partial charge is 0.122 e. The molecule has 0 atom stereocenters. The van der Waals surface area contributed by atoms with Gasteiger partial charge in [0.1, 0.15) is 11.6 Å². The van der Waals surface area contributed by atoms with E-state index in [4.69, 9.17) is 15.9 Å². The molecule has 0 aliphatic heterocycles. The van der Waals surface area contributed by atoms with Gasteiger partial charge in [0.25, 0.3) is 0 Å². The topological polar surface area (TPSA) is 72.0 Å². The third-order valence-electron chi connectivity index (χ3n) is 2.60. The molecule has 2 aromatic rings. The number of ether oxygens (including phenoxy) is 1. The lowest BCUT2D eigenvalue weighted by Crippen LogP contribution is -2.11. The SMILES string of the molecule is COc1ccc(C(=N)N)cc1CSc1ccccn1. The minimum absolute atomic E-state index is 0.0618. The van der Waals surface area contributed by atoms with Crippen LogP contribution in [0.1, 0.15) is 11.1 Å². The summed E-state index contributed by atoms with van der Waals surface area (Å²) in [5.74, 6) is 1.58. The third kappa shape index (κ3) is 3.48. The molecule has 0 radical (unpaired) electrons. The van der Waals surface area contributed by atoms with E-state index < -0.39 is 0 Å². The maximum Gasteiger partial charge on any atom is 0.122 e. The summed E-state index contributed by atoms with van der Waals surface area (Å²) >= 11 is 1.62. The van der Waals surface area contributed by atoms with Crippen LogP contribution in [0.5, 0.6) is 5.75 Å². The van der Waals surface area contributed by atoms with Crippen molar-refractivity contribution in [1.82, 2.24) is 4.98 Å². The van der Waals surface area contributed by atoms with Crippen molar-refractivity contribution >= 4 is 17.6 Å². The van der Waals surface area contributed by atoms with Crippen molar-refractivity contribution in [2.75, 3.05) is 7.11 Å². The van der Waals surface area contributed by atoms with Gasteiger partial charge in [-0.05, 0) is 30.3 Å². The number of hydrogen-bond acceptors (Lipinski definition) is 4. The summed E-state index contributed by atoms with van der Waals surface area (Å²) in [4.78, 5) is 4.26. The maximum atomic E-state index is 7.47. The summed E-state index contributed by atoms with van der Waals surface area (Å²) in [6.45, 7) is 0. The summed E-state index contributed by atoms with van der Waals surface area (Å²) < 4.78 is 5.32. The molecule has 0 spiro atoms. The number of hydrogen-bond donors (Lipinski definition) is 2. The van der Waals surface area contributed by atoms with Crippen LogP contribution < -0.4 is 10.5 Å². The van der Waals surface area contributed by atoms with Gasteiger partial charge in [0.05, 0.1) is 12.1 Å². The van der Waals surface area contributed by atoms with Crippen LogP contribution in [0.25, 0.3) is 0 Å². The monoisotopic (exact) mass is 273 g/mol. The van der Waals surface area contributed by atoms with Crippen molar-refractivity contribution in [2.45, 2.75) is 10.8 Å². The van der Waals surface area contributed by atoms with Crippen molar-refractivity contribution in [1.29, 1.82) is 5.41 Å². The summed E-state index contributed by atoms with van der Waals surface area (Å²) in [7, 11) is 1.64. The fourth-order valence-corrected chi connectivity index (χ4v) is 2.48. The number of rotatable bonds is 5. The first-order valence-corrected chi connectivity index (χ1v) is 6.74. The third-order valence-corrected chi connectivity index (χ3v) is 3.60. The Bertz CT molecular complexity index is 572. The Morgan fingerprint density at radius 2 is 2.21 bits per heavy atom. The quantitative estimate of drug-likeness (QED) is 0.499. The Hall–Kier alpha value is -2.01. The van der Waals surface area contributed by atoms with E-state index in [1.807, 2.05) is 30.3 Å². The predicted molar refractivity (Wildman–Crippen MR) is 77.8 cm³/mol. The van der Waals surface area contributed by atoms with Crippen molar-refractivity contribution in [3.8, 4) is 5.75 Å². The van der Waals surface area contributed by atoms with Crippen LogP contribution in [0.15, 0.2) is 47.6 Å². The highest BCUT2D eigenvalue weighted by molar-refractivity contribution is 7.98. The van der Waals surface area contributed by atoms with Crippen LogP contribution in [-0.2, 0) is 5.75 Å². The highest BCUT2D eigenvalue weighted by Crippen LogP contribution is 2.27. The first-order valence-electron chi connectivity index (χ1n) is 5.76. The Morgan fingerprint density at radius 1 is 1.37 bits per heavy atom. The van der Waals surface area contributed by atoms with E-state index in [0.29, 0.717) is 5.56 Å². The second kappa shape index (κ2) is 6.24. The first kappa shape index (κ1) is 13.4. The minimum Gasteiger partial charge on any atom is -0.496 e. The highest BCUT2D eigenvalue weighted by Gasteiger charge is 2.07. The average molecular weight is 273 g/mol. The normalized spacial score (nSPS) is 10.2. The highest BCUT2D eigenvalue weighted by atomic mass is 32.2. The van der Waals surface area contributed by atoms with Crippen molar-refractivity contribution in [2.24, 2.45) is 5.73 Å². The fraction of sp³-hybridized carbons (Fsp3) is 0.143. The molecule has 19 heavy (non-hydrogen) atoms. The molecular formula is C14H15N3OS. The molecule has 5 heteroatoms. The average Bonchev–Trinajstić information content (AvgIpc) is 2.45. The van der Waals surface area contributed by atoms with Gasteiger partial charge in [-0.15, -0.1) is 11.8 Å². The summed E-state index contributed by atoms with van der Waals surface area (Å²) in [5, 5.41) is 8.43. The standard InChI is InChI=1S/C14H15N3OS/c1-18-12-6-5-10(14(15)16)8-11(12)9-19-13-4-2-3-7-17-13/h2-8H,9H2,1H3,(H3,15,16). The molecular weight excluding hydrogens is 258 g/mol. The number of nitrogens with two attached hydrogens (primary N) is 1. The van der Waals surface area contributed by atoms with Gasteiger partial charge in [-0.3, -0.25) is 5.41 Å². The lowest BCUT2D eigenvalue weighted by atomic mass is 10.1.